The highest BCUT2D eigenvalue weighted by Crippen LogP contribution is 2.21. The van der Waals surface area contributed by atoms with Crippen LogP contribution in [0, 0.1) is 0 Å². The molecule has 0 amide bonds. The third kappa shape index (κ3) is 1.96. The Kier molecular flexibility index (Phi) is 2.44. The number of aromatic amines is 1. The molecule has 0 aliphatic heterocycles. The van der Waals surface area contributed by atoms with E-state index in [0.29, 0.717) is 0 Å². The van der Waals surface area contributed by atoms with E-state index < -0.39 is 0 Å². The van der Waals surface area contributed by atoms with Crippen LogP contribution in [-0.2, 0) is 7.05 Å². The minimum Gasteiger partial charge on any atom is -0.338 e. The van der Waals surface area contributed by atoms with E-state index >= 15 is 0 Å². The van der Waals surface area contributed by atoms with E-state index in [1.54, 1.807) is 0 Å². The number of fused-ring (bicyclic) bond motifs is 1. The molecule has 0 atom stereocenters. The zero-order valence-corrected chi connectivity index (χ0v) is 10.9. The monoisotopic (exact) mass is 288 g/mol. The second-order valence-corrected chi connectivity index (χ2v) is 4.93. The Morgan fingerprint density at radius 1 is 1.24 bits per heavy atom. The van der Waals surface area contributed by atoms with Crippen molar-refractivity contribution in [3.63, 3.8) is 0 Å². The lowest BCUT2D eigenvalue weighted by atomic mass is 10.3. The summed E-state index contributed by atoms with van der Waals surface area (Å²) in [5.41, 5.74) is 3.12. The molecule has 84 valence electrons. The molecule has 0 aliphatic rings. The number of hydrogen-bond donors (Lipinski definition) is 1. The average Bonchev–Trinajstić information content (AvgIpc) is 2.71. The molecule has 3 rings (SSSR count). The molecule has 0 fully saturated rings. The summed E-state index contributed by atoms with van der Waals surface area (Å²) in [6.07, 6.45) is 4.05. The van der Waals surface area contributed by atoms with Crippen LogP contribution in [0.2, 0.25) is 0 Å². The molecule has 0 spiro atoms. The van der Waals surface area contributed by atoms with Crippen molar-refractivity contribution in [3.05, 3.63) is 47.2 Å². The van der Waals surface area contributed by atoms with E-state index in [9.17, 15) is 0 Å². The first kappa shape index (κ1) is 10.5. The van der Waals surface area contributed by atoms with Crippen molar-refractivity contribution in [3.8, 4) is 11.4 Å². The van der Waals surface area contributed by atoms with Gasteiger partial charge >= 0.3 is 0 Å². The number of halogens is 1. The number of rotatable bonds is 1. The zero-order valence-electron chi connectivity index (χ0n) is 9.31. The first-order chi connectivity index (χ1) is 8.22. The van der Waals surface area contributed by atoms with Crippen LogP contribution in [-0.4, -0.2) is 9.97 Å². The molecule has 0 bridgehead atoms. The summed E-state index contributed by atoms with van der Waals surface area (Å²) >= 11 is 3.49. The predicted octanol–water partition coefficient (Wildman–Crippen LogP) is 2.82. The first-order valence-corrected chi connectivity index (χ1v) is 6.12. The minimum atomic E-state index is 0.892. The largest absolute Gasteiger partial charge is 0.338 e. The van der Waals surface area contributed by atoms with Crippen molar-refractivity contribution < 1.29 is 4.57 Å². The molecular formula is C13H11BrN3+. The molecule has 2 aromatic heterocycles. The highest BCUT2D eigenvalue weighted by molar-refractivity contribution is 9.10. The molecule has 0 aliphatic carbocycles. The highest BCUT2D eigenvalue weighted by atomic mass is 79.9. The van der Waals surface area contributed by atoms with Crippen molar-refractivity contribution >= 4 is 27.0 Å². The Balaban J connectivity index is 2.20. The summed E-state index contributed by atoms with van der Waals surface area (Å²) in [7, 11) is 2.00. The normalized spacial score (nSPS) is 10.9. The molecule has 0 saturated heterocycles. The van der Waals surface area contributed by atoms with E-state index in [1.165, 1.54) is 0 Å². The van der Waals surface area contributed by atoms with Gasteiger partial charge in [0.15, 0.2) is 12.4 Å². The molecule has 2 heterocycles. The molecule has 4 heteroatoms. The molecule has 1 N–H and O–H groups in total. The Bertz CT molecular complexity index is 635. The minimum absolute atomic E-state index is 0.892. The Morgan fingerprint density at radius 3 is 2.82 bits per heavy atom. The van der Waals surface area contributed by atoms with Crippen LogP contribution < -0.4 is 4.57 Å². The summed E-state index contributed by atoms with van der Waals surface area (Å²) < 4.78 is 3.05. The van der Waals surface area contributed by atoms with Crippen LogP contribution in [0.1, 0.15) is 0 Å². The van der Waals surface area contributed by atoms with E-state index in [-0.39, 0.29) is 0 Å². The second-order valence-electron chi connectivity index (χ2n) is 4.01. The average molecular weight is 289 g/mol. The number of nitrogens with one attached hydrogen (secondary N) is 1. The van der Waals surface area contributed by atoms with E-state index in [2.05, 4.69) is 32.0 Å². The molecule has 0 unspecified atom stereocenters. The molecule has 1 aromatic carbocycles. The summed E-state index contributed by atoms with van der Waals surface area (Å²) in [5, 5.41) is 0. The summed E-state index contributed by atoms with van der Waals surface area (Å²) in [6, 6.07) is 10.1. The maximum absolute atomic E-state index is 4.58. The van der Waals surface area contributed by atoms with Gasteiger partial charge in [-0.15, -0.1) is 0 Å². The number of aromatic nitrogens is 3. The van der Waals surface area contributed by atoms with Crippen molar-refractivity contribution in [2.75, 3.05) is 0 Å². The number of H-pyrrole nitrogens is 1. The quantitative estimate of drug-likeness (QED) is 0.686. The van der Waals surface area contributed by atoms with Crippen LogP contribution in [0.4, 0.5) is 0 Å². The molecule has 17 heavy (non-hydrogen) atoms. The van der Waals surface area contributed by atoms with E-state index in [0.717, 1.165) is 26.9 Å². The van der Waals surface area contributed by atoms with Gasteiger partial charge in [-0.05, 0) is 34.1 Å². The van der Waals surface area contributed by atoms with Crippen LogP contribution >= 0.6 is 15.9 Å². The van der Waals surface area contributed by atoms with Gasteiger partial charge in [-0.1, -0.05) is 12.1 Å². The fourth-order valence-electron chi connectivity index (χ4n) is 1.89. The van der Waals surface area contributed by atoms with Crippen molar-refractivity contribution in [1.29, 1.82) is 0 Å². The predicted molar refractivity (Wildman–Crippen MR) is 70.4 cm³/mol. The standard InChI is InChI=1S/C13H11BrN3/c1-17-7-9(6-10(14)8-17)13-15-11-4-2-3-5-12(11)16-13/h2-8H,1H3,(H,15,16)/q+1. The van der Waals surface area contributed by atoms with Gasteiger partial charge in [0.05, 0.1) is 21.1 Å². The lowest BCUT2D eigenvalue weighted by Gasteiger charge is -1.95. The van der Waals surface area contributed by atoms with Gasteiger partial charge in [-0.2, -0.15) is 0 Å². The smallest absolute Gasteiger partial charge is 0.182 e. The third-order valence-electron chi connectivity index (χ3n) is 2.63. The zero-order chi connectivity index (χ0) is 11.8. The van der Waals surface area contributed by atoms with Crippen molar-refractivity contribution in [2.45, 2.75) is 0 Å². The number of pyridine rings is 1. The van der Waals surface area contributed by atoms with Crippen LogP contribution in [0.25, 0.3) is 22.4 Å². The second kappa shape index (κ2) is 3.96. The molecule has 3 nitrogen and oxygen atoms in total. The van der Waals surface area contributed by atoms with Gasteiger partial charge in [0, 0.05) is 0 Å². The fourth-order valence-corrected chi connectivity index (χ4v) is 2.46. The molecular weight excluding hydrogens is 278 g/mol. The third-order valence-corrected chi connectivity index (χ3v) is 3.06. The van der Waals surface area contributed by atoms with E-state index in [1.807, 2.05) is 48.3 Å². The maximum Gasteiger partial charge on any atom is 0.182 e. The molecule has 0 saturated carbocycles. The number of aryl methyl sites for hydroxylation is 1. The van der Waals surface area contributed by atoms with Gasteiger partial charge in [0.25, 0.3) is 0 Å². The van der Waals surface area contributed by atoms with Crippen molar-refractivity contribution in [2.24, 2.45) is 7.05 Å². The molecule has 0 radical (unpaired) electrons. The topological polar surface area (TPSA) is 32.6 Å². The first-order valence-electron chi connectivity index (χ1n) is 5.33. The maximum atomic E-state index is 4.58. The number of imidazole rings is 1. The van der Waals surface area contributed by atoms with Gasteiger partial charge in [0.1, 0.15) is 12.9 Å². The number of benzene rings is 1. The summed E-state index contributed by atoms with van der Waals surface area (Å²) in [4.78, 5) is 7.90. The fraction of sp³-hybridized carbons (Fsp3) is 0.0769. The lowest BCUT2D eigenvalue weighted by molar-refractivity contribution is -0.671. The summed E-state index contributed by atoms with van der Waals surface area (Å²) in [6.45, 7) is 0. The Morgan fingerprint density at radius 2 is 2.06 bits per heavy atom. The van der Waals surface area contributed by atoms with Gasteiger partial charge in [-0.3, -0.25) is 0 Å². The molecule has 3 aromatic rings. The Hall–Kier alpha value is -1.68. The SMILES string of the molecule is C[n+]1cc(Br)cc(-c2nc3ccccc3[nH]2)c1. The van der Waals surface area contributed by atoms with Gasteiger partial charge < -0.3 is 4.98 Å². The van der Waals surface area contributed by atoms with E-state index in [4.69, 9.17) is 0 Å². The number of nitrogens with zero attached hydrogens (tertiary/aromatic N) is 2. The van der Waals surface area contributed by atoms with Gasteiger partial charge in [-0.25, -0.2) is 9.55 Å². The van der Waals surface area contributed by atoms with Crippen LogP contribution in [0.3, 0.4) is 0 Å². The van der Waals surface area contributed by atoms with Crippen LogP contribution in [0.15, 0.2) is 47.2 Å². The lowest BCUT2D eigenvalue weighted by Crippen LogP contribution is -2.26. The van der Waals surface area contributed by atoms with Crippen molar-refractivity contribution in [1.82, 2.24) is 9.97 Å². The van der Waals surface area contributed by atoms with Gasteiger partial charge in [0.2, 0.25) is 0 Å². The number of hydrogen-bond acceptors (Lipinski definition) is 1. The highest BCUT2D eigenvalue weighted by Gasteiger charge is 2.09. The number of para-hydroxylation sites is 2. The summed E-state index contributed by atoms with van der Waals surface area (Å²) in [5.74, 6) is 0.892. The Labute approximate surface area is 107 Å². The van der Waals surface area contributed by atoms with Crippen LogP contribution in [0.5, 0.6) is 0 Å².